The van der Waals surface area contributed by atoms with E-state index in [1.165, 1.54) is 0 Å². The van der Waals surface area contributed by atoms with Gasteiger partial charge in [0.25, 0.3) is 0 Å². The van der Waals surface area contributed by atoms with Gasteiger partial charge in [-0.2, -0.15) is 0 Å². The molecular formula is C19H29N3O4. The van der Waals surface area contributed by atoms with E-state index in [1.54, 1.807) is 24.0 Å². The third-order valence-corrected chi connectivity index (χ3v) is 4.06. The Morgan fingerprint density at radius 2 is 1.92 bits per heavy atom. The largest absolute Gasteiger partial charge is 0.461 e. The molecule has 0 unspecified atom stereocenters. The zero-order chi connectivity index (χ0) is 19.5. The molecule has 144 valence electrons. The van der Waals surface area contributed by atoms with Gasteiger partial charge in [-0.1, -0.05) is 6.07 Å². The number of hydrogen-bond acceptors (Lipinski definition) is 6. The van der Waals surface area contributed by atoms with Crippen molar-refractivity contribution in [2.75, 3.05) is 31.1 Å². The Labute approximate surface area is 155 Å². The van der Waals surface area contributed by atoms with Crippen LogP contribution in [-0.2, 0) is 9.47 Å². The molecule has 2 rings (SSSR count). The molecule has 1 saturated heterocycles. The van der Waals surface area contributed by atoms with Gasteiger partial charge in [0.15, 0.2) is 5.69 Å². The molecule has 1 fully saturated rings. The first-order valence-electron chi connectivity index (χ1n) is 8.93. The Kier molecular flexibility index (Phi) is 5.78. The van der Waals surface area contributed by atoms with Crippen LogP contribution in [0.1, 0.15) is 52.0 Å². The molecule has 1 aromatic heterocycles. The number of anilines is 1. The van der Waals surface area contributed by atoms with E-state index >= 15 is 0 Å². The smallest absolute Gasteiger partial charge is 0.410 e. The Hall–Kier alpha value is -2.31. The van der Waals surface area contributed by atoms with E-state index in [0.29, 0.717) is 32.1 Å². The number of ether oxygens (including phenoxy) is 2. The van der Waals surface area contributed by atoms with Crippen molar-refractivity contribution < 1.29 is 19.1 Å². The number of carbonyl (C=O) groups excluding carboxylic acids is 2. The van der Waals surface area contributed by atoms with Crippen molar-refractivity contribution >= 4 is 17.9 Å². The standard InChI is InChI=1S/C19H29N3O4/c1-7-25-16(23)14-9-8-10-15(20-14)21-11-12-22(19(5,6)13-21)17(24)26-18(2,3)4/h8-10H,7,11-13H2,1-6H3. The molecule has 0 saturated carbocycles. The van der Waals surface area contributed by atoms with Gasteiger partial charge >= 0.3 is 12.1 Å². The molecule has 7 heteroatoms. The van der Waals surface area contributed by atoms with Gasteiger partial charge in [0.05, 0.1) is 12.1 Å². The SMILES string of the molecule is CCOC(=O)c1cccc(N2CCN(C(=O)OC(C)(C)C)C(C)(C)C2)n1. The average molecular weight is 363 g/mol. The number of esters is 1. The first kappa shape index (κ1) is 20.0. The lowest BCUT2D eigenvalue weighted by atomic mass is 9.99. The highest BCUT2D eigenvalue weighted by molar-refractivity contribution is 5.87. The van der Waals surface area contributed by atoms with Crippen LogP contribution in [0, 0.1) is 0 Å². The molecule has 0 radical (unpaired) electrons. The van der Waals surface area contributed by atoms with Crippen LogP contribution >= 0.6 is 0 Å². The van der Waals surface area contributed by atoms with Crippen LogP contribution in [0.4, 0.5) is 10.6 Å². The number of hydrogen-bond donors (Lipinski definition) is 0. The first-order valence-corrected chi connectivity index (χ1v) is 8.93. The number of nitrogens with zero attached hydrogens (tertiary/aromatic N) is 3. The van der Waals surface area contributed by atoms with Crippen molar-refractivity contribution in [3.63, 3.8) is 0 Å². The van der Waals surface area contributed by atoms with E-state index in [4.69, 9.17) is 9.47 Å². The van der Waals surface area contributed by atoms with Crippen molar-refractivity contribution in [1.29, 1.82) is 0 Å². The van der Waals surface area contributed by atoms with Crippen molar-refractivity contribution in [3.05, 3.63) is 23.9 Å². The molecule has 1 aliphatic rings. The summed E-state index contributed by atoms with van der Waals surface area (Å²) in [7, 11) is 0. The Balaban J connectivity index is 2.13. The minimum Gasteiger partial charge on any atom is -0.461 e. The third kappa shape index (κ3) is 4.86. The van der Waals surface area contributed by atoms with Crippen LogP contribution in [0.15, 0.2) is 18.2 Å². The molecule has 2 heterocycles. The second kappa shape index (κ2) is 7.51. The summed E-state index contributed by atoms with van der Waals surface area (Å²) in [6.45, 7) is 13.4. The molecule has 0 aliphatic carbocycles. The number of piperazine rings is 1. The summed E-state index contributed by atoms with van der Waals surface area (Å²) in [6.07, 6.45) is -0.310. The van der Waals surface area contributed by atoms with E-state index in [2.05, 4.69) is 9.88 Å². The number of carbonyl (C=O) groups is 2. The molecular weight excluding hydrogens is 334 g/mol. The Bertz CT molecular complexity index is 667. The van der Waals surface area contributed by atoms with E-state index in [-0.39, 0.29) is 11.8 Å². The maximum absolute atomic E-state index is 12.5. The molecule has 1 amide bonds. The van der Waals surface area contributed by atoms with Gasteiger partial charge in [-0.15, -0.1) is 0 Å². The zero-order valence-corrected chi connectivity index (χ0v) is 16.5. The van der Waals surface area contributed by atoms with Crippen molar-refractivity contribution in [2.24, 2.45) is 0 Å². The minimum absolute atomic E-state index is 0.289. The highest BCUT2D eigenvalue weighted by Crippen LogP contribution is 2.26. The van der Waals surface area contributed by atoms with Crippen molar-refractivity contribution in [2.45, 2.75) is 52.7 Å². The van der Waals surface area contributed by atoms with Gasteiger partial charge in [0.1, 0.15) is 11.4 Å². The zero-order valence-electron chi connectivity index (χ0n) is 16.5. The van der Waals surface area contributed by atoms with Crippen molar-refractivity contribution in [1.82, 2.24) is 9.88 Å². The van der Waals surface area contributed by atoms with Gasteiger partial charge in [-0.05, 0) is 53.7 Å². The lowest BCUT2D eigenvalue weighted by molar-refractivity contribution is 0.000306. The fraction of sp³-hybridized carbons (Fsp3) is 0.632. The normalized spacial score (nSPS) is 17.0. The maximum atomic E-state index is 12.5. The Morgan fingerprint density at radius 1 is 1.23 bits per heavy atom. The van der Waals surface area contributed by atoms with Crippen LogP contribution in [0.5, 0.6) is 0 Å². The predicted octanol–water partition coefficient (Wildman–Crippen LogP) is 3.09. The molecule has 26 heavy (non-hydrogen) atoms. The summed E-state index contributed by atoms with van der Waals surface area (Å²) in [4.78, 5) is 32.7. The third-order valence-electron chi connectivity index (χ3n) is 4.06. The highest BCUT2D eigenvalue weighted by atomic mass is 16.6. The van der Waals surface area contributed by atoms with Crippen LogP contribution in [0.3, 0.4) is 0 Å². The van der Waals surface area contributed by atoms with Gasteiger partial charge in [-0.3, -0.25) is 4.90 Å². The fourth-order valence-electron chi connectivity index (χ4n) is 2.92. The number of rotatable bonds is 3. The summed E-state index contributed by atoms with van der Waals surface area (Å²) in [5.41, 5.74) is -0.668. The molecule has 0 spiro atoms. The molecule has 0 bridgehead atoms. The topological polar surface area (TPSA) is 72.0 Å². The van der Waals surface area contributed by atoms with Gasteiger partial charge in [0, 0.05) is 19.6 Å². The molecule has 1 aliphatic heterocycles. The second-order valence-electron chi connectivity index (χ2n) is 7.97. The van der Waals surface area contributed by atoms with Gasteiger partial charge < -0.3 is 14.4 Å². The monoisotopic (exact) mass is 363 g/mol. The lowest BCUT2D eigenvalue weighted by Crippen LogP contribution is -2.62. The minimum atomic E-state index is -0.528. The molecule has 0 N–H and O–H groups in total. The van der Waals surface area contributed by atoms with Crippen molar-refractivity contribution in [3.8, 4) is 0 Å². The quantitative estimate of drug-likeness (QED) is 0.769. The summed E-state index contributed by atoms with van der Waals surface area (Å²) >= 11 is 0. The van der Waals surface area contributed by atoms with E-state index in [0.717, 1.165) is 0 Å². The molecule has 0 aromatic carbocycles. The van der Waals surface area contributed by atoms with Crippen LogP contribution in [0.25, 0.3) is 0 Å². The van der Waals surface area contributed by atoms with E-state index in [1.807, 2.05) is 40.7 Å². The summed E-state index contributed by atoms with van der Waals surface area (Å²) in [5, 5.41) is 0. The van der Waals surface area contributed by atoms with Gasteiger partial charge in [-0.25, -0.2) is 14.6 Å². The molecule has 0 atom stereocenters. The number of pyridine rings is 1. The lowest BCUT2D eigenvalue weighted by Gasteiger charge is -2.47. The van der Waals surface area contributed by atoms with Crippen LogP contribution in [0.2, 0.25) is 0 Å². The van der Waals surface area contributed by atoms with E-state index < -0.39 is 17.1 Å². The second-order valence-corrected chi connectivity index (χ2v) is 7.97. The summed E-state index contributed by atoms with van der Waals surface area (Å²) in [5.74, 6) is 0.272. The average Bonchev–Trinajstić information content (AvgIpc) is 2.52. The van der Waals surface area contributed by atoms with E-state index in [9.17, 15) is 9.59 Å². The predicted molar refractivity (Wildman–Crippen MR) is 99.4 cm³/mol. The van der Waals surface area contributed by atoms with Crippen LogP contribution < -0.4 is 4.90 Å². The Morgan fingerprint density at radius 3 is 2.50 bits per heavy atom. The summed E-state index contributed by atoms with van der Waals surface area (Å²) in [6, 6.07) is 5.30. The molecule has 1 aromatic rings. The summed E-state index contributed by atoms with van der Waals surface area (Å²) < 4.78 is 10.5. The maximum Gasteiger partial charge on any atom is 0.410 e. The molecule has 7 nitrogen and oxygen atoms in total. The number of amides is 1. The van der Waals surface area contributed by atoms with Crippen LogP contribution in [-0.4, -0.2) is 59.3 Å². The number of aromatic nitrogens is 1. The fourth-order valence-corrected chi connectivity index (χ4v) is 2.92. The highest BCUT2D eigenvalue weighted by Gasteiger charge is 2.39. The first-order chi connectivity index (χ1) is 12.0. The van der Waals surface area contributed by atoms with Gasteiger partial charge in [0.2, 0.25) is 0 Å².